The third-order valence-corrected chi connectivity index (χ3v) is 5.00. The number of fused-ring (bicyclic) bond motifs is 1. The number of halogens is 2. The summed E-state index contributed by atoms with van der Waals surface area (Å²) in [5.41, 5.74) is 1.71. The second-order valence-electron chi connectivity index (χ2n) is 6.13. The Hall–Kier alpha value is -2.54. The van der Waals surface area contributed by atoms with Crippen molar-refractivity contribution in [3.8, 4) is 0 Å². The van der Waals surface area contributed by atoms with Gasteiger partial charge in [0.15, 0.2) is 10.6 Å². The Labute approximate surface area is 154 Å². The summed E-state index contributed by atoms with van der Waals surface area (Å²) >= 11 is 1.11. The molecule has 0 atom stereocenters. The van der Waals surface area contributed by atoms with Crippen LogP contribution in [-0.2, 0) is 6.54 Å². The maximum Gasteiger partial charge on any atom is 0.279 e. The molecule has 0 aliphatic heterocycles. The molecule has 3 rings (SSSR count). The summed E-state index contributed by atoms with van der Waals surface area (Å²) in [6.07, 6.45) is 0.738. The molecule has 4 nitrogen and oxygen atoms in total. The molecule has 1 amide bonds. The molecule has 1 heterocycles. The number of hydrogen-bond acceptors (Lipinski definition) is 3. The van der Waals surface area contributed by atoms with Gasteiger partial charge in [-0.05, 0) is 36.8 Å². The number of rotatable bonds is 4. The maximum atomic E-state index is 14.2. The lowest BCUT2D eigenvalue weighted by Gasteiger charge is -2.11. The summed E-state index contributed by atoms with van der Waals surface area (Å²) in [6, 6.07) is 9.21. The molecular formula is C19H19F2N3OS. The summed E-state index contributed by atoms with van der Waals surface area (Å²) in [4.78, 5) is 19.0. The average molecular weight is 375 g/mol. The quantitative estimate of drug-likeness (QED) is 0.685. The molecule has 0 radical (unpaired) electrons. The van der Waals surface area contributed by atoms with Gasteiger partial charge in [0.05, 0.1) is 10.2 Å². The van der Waals surface area contributed by atoms with Gasteiger partial charge in [0.2, 0.25) is 0 Å². The zero-order valence-corrected chi connectivity index (χ0v) is 15.6. The Morgan fingerprint density at radius 1 is 1.19 bits per heavy atom. The van der Waals surface area contributed by atoms with E-state index >= 15 is 0 Å². The smallest absolute Gasteiger partial charge is 0.279 e. The van der Waals surface area contributed by atoms with Crippen molar-refractivity contribution in [2.45, 2.75) is 19.9 Å². The lowest BCUT2D eigenvalue weighted by molar-refractivity contribution is 0.0998. The molecule has 1 aromatic heterocycles. The summed E-state index contributed by atoms with van der Waals surface area (Å²) in [5, 5.41) is 0. The molecule has 3 aromatic rings. The fourth-order valence-electron chi connectivity index (χ4n) is 2.70. The predicted octanol–water partition coefficient (Wildman–Crippen LogP) is 4.20. The van der Waals surface area contributed by atoms with E-state index in [0.717, 1.165) is 29.5 Å². The highest BCUT2D eigenvalue weighted by Crippen LogP contribution is 2.22. The molecule has 0 bridgehead atoms. The van der Waals surface area contributed by atoms with E-state index in [-0.39, 0.29) is 5.52 Å². The van der Waals surface area contributed by atoms with Gasteiger partial charge in [0, 0.05) is 38.0 Å². The SMILES string of the molecule is CCCn1c(=NC(=O)c2ccc(N(C)C)cc2)sc2cc(F)cc(F)c21. The van der Waals surface area contributed by atoms with Gasteiger partial charge < -0.3 is 9.47 Å². The van der Waals surface area contributed by atoms with Gasteiger partial charge in [0.25, 0.3) is 5.91 Å². The number of carbonyl (C=O) groups excluding carboxylic acids is 1. The summed E-state index contributed by atoms with van der Waals surface area (Å²) in [6.45, 7) is 2.44. The standard InChI is InChI=1S/C19H19F2N3OS/c1-4-9-24-17-15(21)10-13(20)11-16(17)26-19(24)22-18(25)12-5-7-14(8-6-12)23(2)3/h5-8,10-11H,4,9H2,1-3H3. The average Bonchev–Trinajstić information content (AvgIpc) is 2.92. The number of thiazole rings is 1. The Balaban J connectivity index is 2.09. The van der Waals surface area contributed by atoms with Crippen LogP contribution in [0.25, 0.3) is 10.2 Å². The van der Waals surface area contributed by atoms with Gasteiger partial charge >= 0.3 is 0 Å². The first kappa shape index (κ1) is 18.3. The van der Waals surface area contributed by atoms with Crippen LogP contribution in [0.15, 0.2) is 41.4 Å². The van der Waals surface area contributed by atoms with Crippen molar-refractivity contribution >= 4 is 33.1 Å². The fraction of sp³-hybridized carbons (Fsp3) is 0.263. The largest absolute Gasteiger partial charge is 0.378 e. The van der Waals surface area contributed by atoms with Crippen LogP contribution in [-0.4, -0.2) is 24.6 Å². The molecule has 0 saturated carbocycles. The maximum absolute atomic E-state index is 14.2. The van der Waals surface area contributed by atoms with E-state index in [1.165, 1.54) is 6.07 Å². The van der Waals surface area contributed by atoms with Crippen LogP contribution in [0.3, 0.4) is 0 Å². The summed E-state index contributed by atoms with van der Waals surface area (Å²) < 4.78 is 29.8. The first-order valence-corrected chi connectivity index (χ1v) is 9.07. The van der Waals surface area contributed by atoms with Crippen molar-refractivity contribution in [3.05, 3.63) is 58.4 Å². The normalized spacial score (nSPS) is 12.0. The fourth-order valence-corrected chi connectivity index (χ4v) is 3.79. The van der Waals surface area contributed by atoms with Crippen LogP contribution < -0.4 is 9.70 Å². The minimum atomic E-state index is -0.645. The second-order valence-corrected chi connectivity index (χ2v) is 7.14. The Kier molecular flexibility index (Phi) is 5.18. The van der Waals surface area contributed by atoms with Crippen molar-refractivity contribution in [2.24, 2.45) is 4.99 Å². The summed E-state index contributed by atoms with van der Waals surface area (Å²) in [7, 11) is 3.83. The number of benzene rings is 2. The van der Waals surface area contributed by atoms with Crippen molar-refractivity contribution in [3.63, 3.8) is 0 Å². The van der Waals surface area contributed by atoms with Gasteiger partial charge in [0.1, 0.15) is 5.82 Å². The van der Waals surface area contributed by atoms with Crippen LogP contribution in [0.1, 0.15) is 23.7 Å². The van der Waals surface area contributed by atoms with E-state index in [1.54, 1.807) is 16.7 Å². The third-order valence-electron chi connectivity index (χ3n) is 3.97. The highest BCUT2D eigenvalue weighted by Gasteiger charge is 2.14. The topological polar surface area (TPSA) is 37.6 Å². The molecule has 0 saturated heterocycles. The zero-order chi connectivity index (χ0) is 18.8. The summed E-state index contributed by atoms with van der Waals surface area (Å²) in [5.74, 6) is -1.70. The second kappa shape index (κ2) is 7.37. The van der Waals surface area contributed by atoms with E-state index in [4.69, 9.17) is 0 Å². The van der Waals surface area contributed by atoms with E-state index in [2.05, 4.69) is 4.99 Å². The van der Waals surface area contributed by atoms with Crippen LogP contribution in [0.4, 0.5) is 14.5 Å². The molecule has 0 aliphatic rings. The zero-order valence-electron chi connectivity index (χ0n) is 14.8. The molecule has 0 spiro atoms. The van der Waals surface area contributed by atoms with E-state index in [9.17, 15) is 13.6 Å². The van der Waals surface area contributed by atoms with Crippen molar-refractivity contribution in [1.82, 2.24) is 4.57 Å². The highest BCUT2D eigenvalue weighted by atomic mass is 32.1. The van der Waals surface area contributed by atoms with Gasteiger partial charge in [-0.2, -0.15) is 4.99 Å². The number of aromatic nitrogens is 1. The number of aryl methyl sites for hydroxylation is 1. The monoisotopic (exact) mass is 375 g/mol. The predicted molar refractivity (Wildman–Crippen MR) is 101 cm³/mol. The van der Waals surface area contributed by atoms with Crippen LogP contribution >= 0.6 is 11.3 Å². The van der Waals surface area contributed by atoms with E-state index in [0.29, 0.717) is 21.6 Å². The lowest BCUT2D eigenvalue weighted by Crippen LogP contribution is -2.17. The molecule has 0 aliphatic carbocycles. The molecular weight excluding hydrogens is 356 g/mol. The number of anilines is 1. The molecule has 0 N–H and O–H groups in total. The minimum absolute atomic E-state index is 0.285. The first-order valence-electron chi connectivity index (χ1n) is 8.25. The highest BCUT2D eigenvalue weighted by molar-refractivity contribution is 7.16. The molecule has 2 aromatic carbocycles. The third kappa shape index (κ3) is 3.53. The number of amides is 1. The van der Waals surface area contributed by atoms with Crippen molar-refractivity contribution in [2.75, 3.05) is 19.0 Å². The van der Waals surface area contributed by atoms with E-state index in [1.807, 2.05) is 38.1 Å². The minimum Gasteiger partial charge on any atom is -0.378 e. The van der Waals surface area contributed by atoms with Crippen LogP contribution in [0.5, 0.6) is 0 Å². The van der Waals surface area contributed by atoms with Crippen LogP contribution in [0.2, 0.25) is 0 Å². The van der Waals surface area contributed by atoms with Crippen molar-refractivity contribution in [1.29, 1.82) is 0 Å². The molecule has 26 heavy (non-hydrogen) atoms. The molecule has 136 valence electrons. The van der Waals surface area contributed by atoms with Crippen molar-refractivity contribution < 1.29 is 13.6 Å². The molecule has 7 heteroatoms. The van der Waals surface area contributed by atoms with Crippen LogP contribution in [0, 0.1) is 11.6 Å². The van der Waals surface area contributed by atoms with Gasteiger partial charge in [-0.1, -0.05) is 18.3 Å². The Bertz CT molecular complexity index is 1020. The number of hydrogen-bond donors (Lipinski definition) is 0. The Morgan fingerprint density at radius 3 is 2.50 bits per heavy atom. The number of carbonyl (C=O) groups is 1. The molecule has 0 unspecified atom stereocenters. The van der Waals surface area contributed by atoms with Gasteiger partial charge in [-0.3, -0.25) is 4.79 Å². The van der Waals surface area contributed by atoms with Gasteiger partial charge in [-0.25, -0.2) is 8.78 Å². The number of nitrogens with zero attached hydrogens (tertiary/aromatic N) is 3. The first-order chi connectivity index (χ1) is 12.4. The van der Waals surface area contributed by atoms with E-state index < -0.39 is 17.5 Å². The molecule has 0 fully saturated rings. The van der Waals surface area contributed by atoms with Gasteiger partial charge in [-0.15, -0.1) is 0 Å². The Morgan fingerprint density at radius 2 is 1.88 bits per heavy atom. The lowest BCUT2D eigenvalue weighted by atomic mass is 10.2.